The van der Waals surface area contributed by atoms with E-state index in [2.05, 4.69) is 22.3 Å². The standard InChI is InChI=1S/C5H7N2S2/c1-2-3-8-5-4-9-7-6-5/h3-4H,2H2,1H3. The molecule has 1 aromatic heterocycles. The van der Waals surface area contributed by atoms with Crippen LogP contribution in [0.4, 0.5) is 0 Å². The Morgan fingerprint density at radius 3 is 3.33 bits per heavy atom. The minimum absolute atomic E-state index is 1.00. The summed E-state index contributed by atoms with van der Waals surface area (Å²) in [6, 6.07) is 0. The van der Waals surface area contributed by atoms with Crippen molar-refractivity contribution in [2.24, 2.45) is 0 Å². The van der Waals surface area contributed by atoms with Crippen LogP contribution >= 0.6 is 23.3 Å². The van der Waals surface area contributed by atoms with Crippen LogP contribution in [0, 0.1) is 5.75 Å². The Morgan fingerprint density at radius 1 is 1.89 bits per heavy atom. The van der Waals surface area contributed by atoms with E-state index in [1.807, 2.05) is 5.38 Å². The van der Waals surface area contributed by atoms with Crippen LogP contribution in [0.25, 0.3) is 0 Å². The third-order valence-corrected chi connectivity index (χ3v) is 2.31. The maximum atomic E-state index is 3.85. The zero-order valence-electron chi connectivity index (χ0n) is 5.07. The first-order chi connectivity index (χ1) is 4.43. The zero-order valence-corrected chi connectivity index (χ0v) is 6.71. The van der Waals surface area contributed by atoms with Crippen LogP contribution < -0.4 is 0 Å². The van der Waals surface area contributed by atoms with E-state index in [1.54, 1.807) is 11.8 Å². The number of hydrogen-bond donors (Lipinski definition) is 0. The average molecular weight is 159 g/mol. The largest absolute Gasteiger partial charge is 0.132 e. The van der Waals surface area contributed by atoms with Crippen molar-refractivity contribution in [3.05, 3.63) is 11.1 Å². The molecule has 1 rings (SSSR count). The molecule has 0 bridgehead atoms. The third kappa shape index (κ3) is 2.32. The van der Waals surface area contributed by atoms with Gasteiger partial charge in [0.15, 0.2) is 0 Å². The molecule has 0 aliphatic carbocycles. The molecule has 0 aromatic carbocycles. The van der Waals surface area contributed by atoms with Crippen molar-refractivity contribution in [1.29, 1.82) is 0 Å². The molecule has 0 amide bonds. The summed E-state index contributed by atoms with van der Waals surface area (Å²) in [5, 5.41) is 6.80. The maximum Gasteiger partial charge on any atom is 0.132 e. The van der Waals surface area contributed by atoms with Crippen LogP contribution in [-0.4, -0.2) is 9.59 Å². The van der Waals surface area contributed by atoms with Crippen LogP contribution in [-0.2, 0) is 0 Å². The second-order valence-electron chi connectivity index (χ2n) is 1.44. The number of rotatable bonds is 3. The highest BCUT2D eigenvalue weighted by atomic mass is 32.2. The topological polar surface area (TPSA) is 25.8 Å². The number of nitrogens with zero attached hydrogens (tertiary/aromatic N) is 2. The monoisotopic (exact) mass is 159 g/mol. The van der Waals surface area contributed by atoms with E-state index in [1.165, 1.54) is 11.5 Å². The van der Waals surface area contributed by atoms with Crippen molar-refractivity contribution in [3.8, 4) is 0 Å². The molecule has 2 nitrogen and oxygen atoms in total. The Kier molecular flexibility index (Phi) is 3.00. The first-order valence-electron chi connectivity index (χ1n) is 2.69. The molecule has 1 aromatic rings. The van der Waals surface area contributed by atoms with Gasteiger partial charge in [0.1, 0.15) is 5.03 Å². The molecule has 0 aliphatic heterocycles. The maximum absolute atomic E-state index is 3.85. The predicted octanol–water partition coefficient (Wildman–Crippen LogP) is 2.20. The van der Waals surface area contributed by atoms with Gasteiger partial charge in [0.25, 0.3) is 0 Å². The normalized spacial score (nSPS) is 9.89. The predicted molar refractivity (Wildman–Crippen MR) is 40.4 cm³/mol. The molecular weight excluding hydrogens is 152 g/mol. The first kappa shape index (κ1) is 7.02. The summed E-state index contributed by atoms with van der Waals surface area (Å²) in [5.74, 6) is 2.11. The van der Waals surface area contributed by atoms with Gasteiger partial charge >= 0.3 is 0 Å². The summed E-state index contributed by atoms with van der Waals surface area (Å²) < 4.78 is 3.73. The second-order valence-corrected chi connectivity index (χ2v) is 3.03. The zero-order chi connectivity index (χ0) is 6.53. The number of thioether (sulfide) groups is 1. The van der Waals surface area contributed by atoms with Crippen molar-refractivity contribution >= 4 is 23.3 Å². The quantitative estimate of drug-likeness (QED) is 0.632. The fourth-order valence-electron chi connectivity index (χ4n) is 0.376. The molecule has 0 fully saturated rings. The van der Waals surface area contributed by atoms with Crippen molar-refractivity contribution in [3.63, 3.8) is 0 Å². The molecule has 0 atom stereocenters. The van der Waals surface area contributed by atoms with E-state index in [4.69, 9.17) is 0 Å². The summed E-state index contributed by atoms with van der Waals surface area (Å²) in [7, 11) is 0. The Morgan fingerprint density at radius 2 is 2.78 bits per heavy atom. The highest BCUT2D eigenvalue weighted by Gasteiger charge is 1.93. The lowest BCUT2D eigenvalue weighted by Crippen LogP contribution is -1.69. The van der Waals surface area contributed by atoms with Gasteiger partial charge in [0.2, 0.25) is 0 Å². The highest BCUT2D eigenvalue weighted by molar-refractivity contribution is 8.01. The summed E-state index contributed by atoms with van der Waals surface area (Å²) >= 11 is 3.03. The lowest BCUT2D eigenvalue weighted by molar-refractivity contribution is 1.03. The van der Waals surface area contributed by atoms with Gasteiger partial charge in [-0.2, -0.15) is 0 Å². The highest BCUT2D eigenvalue weighted by Crippen LogP contribution is 2.19. The lowest BCUT2D eigenvalue weighted by Gasteiger charge is -1.87. The van der Waals surface area contributed by atoms with E-state index in [9.17, 15) is 0 Å². The van der Waals surface area contributed by atoms with Crippen LogP contribution in [0.5, 0.6) is 0 Å². The van der Waals surface area contributed by atoms with E-state index < -0.39 is 0 Å². The molecule has 0 saturated carbocycles. The summed E-state index contributed by atoms with van der Waals surface area (Å²) in [6.07, 6.45) is 1.07. The van der Waals surface area contributed by atoms with Gasteiger partial charge in [-0.3, -0.25) is 0 Å². The number of hydrogen-bond acceptors (Lipinski definition) is 4. The summed E-state index contributed by atoms with van der Waals surface area (Å²) in [6.45, 7) is 2.10. The van der Waals surface area contributed by atoms with Crippen LogP contribution in [0.15, 0.2) is 10.4 Å². The van der Waals surface area contributed by atoms with Crippen LogP contribution in [0.1, 0.15) is 13.3 Å². The van der Waals surface area contributed by atoms with Crippen LogP contribution in [0.2, 0.25) is 0 Å². The van der Waals surface area contributed by atoms with E-state index >= 15 is 0 Å². The first-order valence-corrected chi connectivity index (χ1v) is 4.40. The molecule has 49 valence electrons. The molecule has 0 unspecified atom stereocenters. The smallest absolute Gasteiger partial charge is 0.132 e. The Bertz CT molecular complexity index is 150. The van der Waals surface area contributed by atoms with Gasteiger partial charge in [0.05, 0.1) is 0 Å². The Hall–Kier alpha value is -0.0900. The minimum atomic E-state index is 1.00. The van der Waals surface area contributed by atoms with Gasteiger partial charge in [-0.15, -0.1) is 5.10 Å². The van der Waals surface area contributed by atoms with E-state index in [0.717, 1.165) is 11.4 Å². The molecule has 0 aliphatic rings. The summed E-state index contributed by atoms with van der Waals surface area (Å²) in [4.78, 5) is 0. The molecule has 1 radical (unpaired) electrons. The molecule has 9 heavy (non-hydrogen) atoms. The Balaban J connectivity index is 2.30. The van der Waals surface area contributed by atoms with Crippen molar-refractivity contribution in [1.82, 2.24) is 9.59 Å². The molecule has 0 saturated heterocycles. The second kappa shape index (κ2) is 3.85. The SMILES string of the molecule is CC[CH]Sc1csnn1. The molecule has 0 N–H and O–H groups in total. The van der Waals surface area contributed by atoms with E-state index in [-0.39, 0.29) is 0 Å². The molecule has 4 heteroatoms. The number of aromatic nitrogens is 2. The van der Waals surface area contributed by atoms with Gasteiger partial charge in [-0.05, 0) is 18.0 Å². The van der Waals surface area contributed by atoms with E-state index in [0.29, 0.717) is 0 Å². The van der Waals surface area contributed by atoms with Gasteiger partial charge in [-0.25, -0.2) is 0 Å². The summed E-state index contributed by atoms with van der Waals surface area (Å²) in [5.41, 5.74) is 0. The molecule has 1 heterocycles. The van der Waals surface area contributed by atoms with Crippen molar-refractivity contribution in [2.75, 3.05) is 0 Å². The van der Waals surface area contributed by atoms with Gasteiger partial charge in [-0.1, -0.05) is 23.2 Å². The van der Waals surface area contributed by atoms with Crippen molar-refractivity contribution < 1.29 is 0 Å². The Labute approximate surface area is 62.8 Å². The molecular formula is C5H7N2S2. The fourth-order valence-corrected chi connectivity index (χ4v) is 1.52. The van der Waals surface area contributed by atoms with Crippen molar-refractivity contribution in [2.45, 2.75) is 18.4 Å². The van der Waals surface area contributed by atoms with Gasteiger partial charge < -0.3 is 0 Å². The lowest BCUT2D eigenvalue weighted by atomic mass is 10.6. The minimum Gasteiger partial charge on any atom is -0.132 e. The fraction of sp³-hybridized carbons (Fsp3) is 0.400. The van der Waals surface area contributed by atoms with Gasteiger partial charge in [0, 0.05) is 11.1 Å². The molecule has 0 spiro atoms. The average Bonchev–Trinajstić information content (AvgIpc) is 2.34. The van der Waals surface area contributed by atoms with Crippen LogP contribution in [0.3, 0.4) is 0 Å². The third-order valence-electron chi connectivity index (χ3n) is 0.711.